The Morgan fingerprint density at radius 1 is 1.56 bits per heavy atom. The largest absolute Gasteiger partial charge is 0.364 e. The van der Waals surface area contributed by atoms with Crippen molar-refractivity contribution in [2.45, 2.75) is 13.0 Å². The van der Waals surface area contributed by atoms with Crippen molar-refractivity contribution in [3.8, 4) is 6.07 Å². The molecule has 0 amide bonds. The summed E-state index contributed by atoms with van der Waals surface area (Å²) in [6.07, 6.45) is 0. The lowest BCUT2D eigenvalue weighted by atomic mass is 10.1. The molecule has 2 unspecified atom stereocenters. The van der Waals surface area contributed by atoms with Crippen LogP contribution >= 0.6 is 0 Å². The summed E-state index contributed by atoms with van der Waals surface area (Å²) in [6.45, 7) is 3.28. The lowest BCUT2D eigenvalue weighted by molar-refractivity contribution is -0.384. The molecule has 0 radical (unpaired) electrons. The fourth-order valence-corrected chi connectivity index (χ4v) is 2.19. The highest BCUT2D eigenvalue weighted by Crippen LogP contribution is 2.32. The number of nitriles is 1. The maximum atomic E-state index is 11.0. The van der Waals surface area contributed by atoms with E-state index >= 15 is 0 Å². The molecule has 1 saturated heterocycles. The van der Waals surface area contributed by atoms with Crippen LogP contribution in [0.1, 0.15) is 12.5 Å². The van der Waals surface area contributed by atoms with E-state index in [9.17, 15) is 10.1 Å². The van der Waals surface area contributed by atoms with Gasteiger partial charge >= 0.3 is 0 Å². The van der Waals surface area contributed by atoms with Gasteiger partial charge in [0, 0.05) is 25.2 Å². The highest BCUT2D eigenvalue weighted by atomic mass is 16.6. The van der Waals surface area contributed by atoms with Gasteiger partial charge in [0.15, 0.2) is 0 Å². The van der Waals surface area contributed by atoms with E-state index in [-0.39, 0.29) is 17.6 Å². The van der Waals surface area contributed by atoms with Gasteiger partial charge in [-0.15, -0.1) is 0 Å². The fraction of sp³-hybridized carbons (Fsp3) is 0.417. The number of anilines is 1. The smallest absolute Gasteiger partial charge is 0.292 e. The minimum atomic E-state index is -0.426. The van der Waals surface area contributed by atoms with Gasteiger partial charge in [-0.05, 0) is 18.1 Å². The molecule has 1 aromatic rings. The van der Waals surface area contributed by atoms with Crippen LogP contribution in [0.3, 0.4) is 0 Å². The van der Waals surface area contributed by atoms with Crippen molar-refractivity contribution in [2.75, 3.05) is 18.0 Å². The maximum Gasteiger partial charge on any atom is 0.292 e. The Morgan fingerprint density at radius 2 is 2.28 bits per heavy atom. The van der Waals surface area contributed by atoms with Gasteiger partial charge in [0.25, 0.3) is 5.69 Å². The summed E-state index contributed by atoms with van der Waals surface area (Å²) < 4.78 is 0. The molecule has 1 heterocycles. The third kappa shape index (κ3) is 2.13. The summed E-state index contributed by atoms with van der Waals surface area (Å²) >= 11 is 0. The second-order valence-electron chi connectivity index (χ2n) is 4.62. The van der Waals surface area contributed by atoms with Crippen LogP contribution in [0.2, 0.25) is 0 Å². The van der Waals surface area contributed by atoms with Gasteiger partial charge in [0.2, 0.25) is 0 Å². The van der Waals surface area contributed by atoms with Gasteiger partial charge in [0.1, 0.15) is 5.69 Å². The average Bonchev–Trinajstić information content (AvgIpc) is 2.68. The van der Waals surface area contributed by atoms with E-state index in [1.165, 1.54) is 12.1 Å². The molecule has 18 heavy (non-hydrogen) atoms. The Kier molecular flexibility index (Phi) is 3.17. The SMILES string of the molecule is CC1CN(c2cc(C#N)ccc2[N+](=O)[O-])CC1N. The van der Waals surface area contributed by atoms with Gasteiger partial charge in [-0.25, -0.2) is 0 Å². The second kappa shape index (κ2) is 4.63. The summed E-state index contributed by atoms with van der Waals surface area (Å²) in [4.78, 5) is 12.5. The van der Waals surface area contributed by atoms with Crippen LogP contribution in [0.25, 0.3) is 0 Å². The third-order valence-electron chi connectivity index (χ3n) is 3.31. The molecule has 0 spiro atoms. The molecular formula is C12H14N4O2. The number of rotatable bonds is 2. The van der Waals surface area contributed by atoms with E-state index in [0.717, 1.165) is 0 Å². The summed E-state index contributed by atoms with van der Waals surface area (Å²) in [7, 11) is 0. The molecule has 0 bridgehead atoms. The number of nitro groups is 1. The Morgan fingerprint density at radius 3 is 2.78 bits per heavy atom. The first-order valence-electron chi connectivity index (χ1n) is 5.72. The molecule has 6 nitrogen and oxygen atoms in total. The molecular weight excluding hydrogens is 232 g/mol. The first-order valence-corrected chi connectivity index (χ1v) is 5.72. The summed E-state index contributed by atoms with van der Waals surface area (Å²) in [5.41, 5.74) is 6.85. The highest BCUT2D eigenvalue weighted by molar-refractivity contribution is 5.66. The zero-order valence-electron chi connectivity index (χ0n) is 10.0. The van der Waals surface area contributed by atoms with Crippen LogP contribution < -0.4 is 10.6 Å². The number of nitrogens with zero attached hydrogens (tertiary/aromatic N) is 3. The zero-order chi connectivity index (χ0) is 13.3. The van der Waals surface area contributed by atoms with E-state index in [1.807, 2.05) is 17.9 Å². The van der Waals surface area contributed by atoms with E-state index in [0.29, 0.717) is 24.3 Å². The number of nitrogens with two attached hydrogens (primary N) is 1. The molecule has 1 aliphatic rings. The molecule has 6 heteroatoms. The van der Waals surface area contributed by atoms with E-state index in [2.05, 4.69) is 0 Å². The number of nitro benzene ring substituents is 1. The second-order valence-corrected chi connectivity index (χ2v) is 4.62. The number of hydrogen-bond donors (Lipinski definition) is 1. The lowest BCUT2D eigenvalue weighted by Gasteiger charge is -2.18. The van der Waals surface area contributed by atoms with E-state index < -0.39 is 4.92 Å². The molecule has 0 aromatic heterocycles. The molecule has 1 aliphatic heterocycles. The van der Waals surface area contributed by atoms with Gasteiger partial charge in [-0.1, -0.05) is 6.92 Å². The van der Waals surface area contributed by atoms with Crippen molar-refractivity contribution in [1.82, 2.24) is 0 Å². The highest BCUT2D eigenvalue weighted by Gasteiger charge is 2.30. The Hall–Kier alpha value is -2.13. The minimum Gasteiger partial charge on any atom is -0.364 e. The number of benzene rings is 1. The molecule has 2 atom stereocenters. The molecule has 0 saturated carbocycles. The first-order chi connectivity index (χ1) is 8.52. The molecule has 94 valence electrons. The summed E-state index contributed by atoms with van der Waals surface area (Å²) in [5.74, 6) is 0.287. The average molecular weight is 246 g/mol. The zero-order valence-corrected chi connectivity index (χ0v) is 10.0. The fourth-order valence-electron chi connectivity index (χ4n) is 2.19. The lowest BCUT2D eigenvalue weighted by Crippen LogP contribution is -2.28. The van der Waals surface area contributed by atoms with E-state index in [1.54, 1.807) is 6.07 Å². The van der Waals surface area contributed by atoms with E-state index in [4.69, 9.17) is 11.0 Å². The van der Waals surface area contributed by atoms with Crippen LogP contribution in [0, 0.1) is 27.4 Å². The van der Waals surface area contributed by atoms with Crippen LogP contribution in [-0.2, 0) is 0 Å². The van der Waals surface area contributed by atoms with Crippen LogP contribution in [0.15, 0.2) is 18.2 Å². The van der Waals surface area contributed by atoms with Crippen LogP contribution in [0.4, 0.5) is 11.4 Å². The normalized spacial score (nSPS) is 22.8. The molecule has 0 aliphatic carbocycles. The van der Waals surface area contributed by atoms with Crippen molar-refractivity contribution >= 4 is 11.4 Å². The molecule has 1 fully saturated rings. The molecule has 2 N–H and O–H groups in total. The maximum absolute atomic E-state index is 11.0. The van der Waals surface area contributed by atoms with Crippen molar-refractivity contribution in [3.05, 3.63) is 33.9 Å². The minimum absolute atomic E-state index is 0.00958. The molecule has 1 aromatic carbocycles. The standard InChI is InChI=1S/C12H14N4O2/c1-8-6-15(7-10(8)14)12-4-9(5-13)2-3-11(12)16(17)18/h2-4,8,10H,6-7,14H2,1H3. The predicted molar refractivity (Wildman–Crippen MR) is 67.2 cm³/mol. The first kappa shape index (κ1) is 12.3. The molecule has 2 rings (SSSR count). The van der Waals surface area contributed by atoms with Gasteiger partial charge in [-0.2, -0.15) is 5.26 Å². The van der Waals surface area contributed by atoms with Gasteiger partial charge in [0.05, 0.1) is 16.6 Å². The van der Waals surface area contributed by atoms with Gasteiger partial charge in [-0.3, -0.25) is 10.1 Å². The van der Waals surface area contributed by atoms with Crippen LogP contribution in [-0.4, -0.2) is 24.1 Å². The summed E-state index contributed by atoms with van der Waals surface area (Å²) in [5, 5.41) is 19.9. The van der Waals surface area contributed by atoms with Crippen LogP contribution in [0.5, 0.6) is 0 Å². The van der Waals surface area contributed by atoms with Crippen molar-refractivity contribution in [2.24, 2.45) is 11.7 Å². The number of hydrogen-bond acceptors (Lipinski definition) is 5. The quantitative estimate of drug-likeness (QED) is 0.625. The Bertz CT molecular complexity index is 513. The van der Waals surface area contributed by atoms with Crippen molar-refractivity contribution in [3.63, 3.8) is 0 Å². The Labute approximate surface area is 105 Å². The topological polar surface area (TPSA) is 96.2 Å². The van der Waals surface area contributed by atoms with Gasteiger partial charge < -0.3 is 10.6 Å². The van der Waals surface area contributed by atoms with Crippen molar-refractivity contribution < 1.29 is 4.92 Å². The Balaban J connectivity index is 2.42. The predicted octanol–water partition coefficient (Wildman–Crippen LogP) is 1.25. The third-order valence-corrected chi connectivity index (χ3v) is 3.31. The summed E-state index contributed by atoms with van der Waals surface area (Å²) in [6, 6.07) is 6.40. The van der Waals surface area contributed by atoms with Crippen molar-refractivity contribution in [1.29, 1.82) is 5.26 Å². The monoisotopic (exact) mass is 246 g/mol.